The number of nitrogens with one attached hydrogen (secondary N) is 1. The van der Waals surface area contributed by atoms with E-state index in [0.717, 1.165) is 47.8 Å². The molecule has 5 aromatic rings. The number of likely N-dealkylation sites (N-methyl/N-ethyl adjacent to an activating group) is 1. The van der Waals surface area contributed by atoms with Crippen LogP contribution in [0.15, 0.2) is 91.1 Å². The zero-order valence-corrected chi connectivity index (χ0v) is 24.4. The predicted octanol–water partition coefficient (Wildman–Crippen LogP) is 6.87. The number of para-hydroxylation sites is 2. The molecule has 6 rings (SSSR count). The number of carbonyl (C=O) groups is 1. The van der Waals surface area contributed by atoms with Crippen LogP contribution in [-0.2, 0) is 0 Å². The van der Waals surface area contributed by atoms with Gasteiger partial charge in [0, 0.05) is 50.2 Å². The van der Waals surface area contributed by atoms with Crippen molar-refractivity contribution in [2.75, 3.05) is 45.1 Å². The summed E-state index contributed by atoms with van der Waals surface area (Å²) in [4.78, 5) is 23.1. The van der Waals surface area contributed by atoms with E-state index in [2.05, 4.69) is 39.0 Å². The van der Waals surface area contributed by atoms with Gasteiger partial charge in [-0.15, -0.1) is 11.3 Å². The summed E-state index contributed by atoms with van der Waals surface area (Å²) in [5, 5.41) is 2.75. The fraction of sp³-hybridized carbons (Fsp3) is 0.176. The Morgan fingerprint density at radius 3 is 2.53 bits per heavy atom. The van der Waals surface area contributed by atoms with Crippen LogP contribution >= 0.6 is 11.3 Å². The maximum Gasteiger partial charge on any atom is 0.259 e. The fourth-order valence-electron chi connectivity index (χ4n) is 4.64. The van der Waals surface area contributed by atoms with Crippen molar-refractivity contribution in [3.63, 3.8) is 0 Å². The van der Waals surface area contributed by atoms with Gasteiger partial charge in [0.1, 0.15) is 17.2 Å². The van der Waals surface area contributed by atoms with E-state index in [-0.39, 0.29) is 5.75 Å². The minimum Gasteiger partial charge on any atom is -0.457 e. The molecule has 0 unspecified atom stereocenters. The van der Waals surface area contributed by atoms with E-state index < -0.39 is 11.7 Å². The lowest BCUT2D eigenvalue weighted by Crippen LogP contribution is -2.44. The maximum absolute atomic E-state index is 15.2. The van der Waals surface area contributed by atoms with Gasteiger partial charge in [-0.1, -0.05) is 42.2 Å². The number of aromatic nitrogens is 1. The number of carbonyl (C=O) groups excluding carboxylic acids is 1. The first-order valence-corrected chi connectivity index (χ1v) is 14.7. The number of halogens is 1. The predicted molar refractivity (Wildman–Crippen MR) is 168 cm³/mol. The highest BCUT2D eigenvalue weighted by Crippen LogP contribution is 2.36. The van der Waals surface area contributed by atoms with Crippen LogP contribution in [0.4, 0.5) is 10.1 Å². The lowest BCUT2D eigenvalue weighted by molar-refractivity contribution is 0.102. The van der Waals surface area contributed by atoms with Crippen molar-refractivity contribution in [3.8, 4) is 34.8 Å². The molecular formula is C34H29FN4O3S. The molecule has 43 heavy (non-hydrogen) atoms. The third-order valence-corrected chi connectivity index (χ3v) is 8.05. The molecule has 2 aromatic heterocycles. The number of nitrogens with zero attached hydrogens (tertiary/aromatic N) is 3. The molecule has 3 heterocycles. The Labute approximate surface area is 253 Å². The second-order valence-corrected chi connectivity index (χ2v) is 11.2. The fourth-order valence-corrected chi connectivity index (χ4v) is 5.58. The number of piperazine rings is 1. The largest absolute Gasteiger partial charge is 0.457 e. The number of ether oxygens (including phenoxy) is 2. The molecular weight excluding hydrogens is 563 g/mol. The quantitative estimate of drug-likeness (QED) is 0.208. The van der Waals surface area contributed by atoms with Crippen molar-refractivity contribution >= 4 is 33.1 Å². The Bertz CT molecular complexity index is 1810. The summed E-state index contributed by atoms with van der Waals surface area (Å²) in [6.07, 6.45) is 1.63. The van der Waals surface area contributed by atoms with E-state index >= 15 is 4.39 Å². The zero-order valence-electron chi connectivity index (χ0n) is 23.5. The topological polar surface area (TPSA) is 66.9 Å². The highest BCUT2D eigenvalue weighted by Gasteiger charge is 2.16. The summed E-state index contributed by atoms with van der Waals surface area (Å²) in [5.41, 5.74) is 1.36. The molecule has 1 amide bonds. The summed E-state index contributed by atoms with van der Waals surface area (Å²) >= 11 is 1.47. The standard InChI is InChI=1S/C34H29FN4O3S/c1-38-18-20-39(21-19-38)17-7-10-26-23-29-33(43-26)32(15-16-36-29)42-31-14-13-24(22-28(31)35)37-34(40)27-11-5-6-12-30(27)41-25-8-3-2-4-9-25/h2-6,8-9,11-16,22-23H,17-21H2,1H3,(H,37,40). The van der Waals surface area contributed by atoms with Crippen molar-refractivity contribution in [2.24, 2.45) is 0 Å². The SMILES string of the molecule is CN1CCN(CC#Cc2cc3nccc(Oc4ccc(NC(=O)c5ccccc5Oc5ccccc5)cc4F)c3s2)CC1. The van der Waals surface area contributed by atoms with Crippen molar-refractivity contribution < 1.29 is 18.7 Å². The average molecular weight is 593 g/mol. The average Bonchev–Trinajstić information content (AvgIpc) is 3.44. The molecule has 0 aliphatic carbocycles. The van der Waals surface area contributed by atoms with Crippen molar-refractivity contribution in [2.45, 2.75) is 0 Å². The molecule has 216 valence electrons. The van der Waals surface area contributed by atoms with Gasteiger partial charge in [0.25, 0.3) is 5.91 Å². The first-order chi connectivity index (χ1) is 21.0. The van der Waals surface area contributed by atoms with Gasteiger partial charge in [-0.2, -0.15) is 0 Å². The minimum absolute atomic E-state index is 0.0365. The van der Waals surface area contributed by atoms with E-state index in [0.29, 0.717) is 28.5 Å². The molecule has 1 aliphatic rings. The lowest BCUT2D eigenvalue weighted by atomic mass is 10.1. The van der Waals surface area contributed by atoms with Crippen LogP contribution in [0.2, 0.25) is 0 Å². The van der Waals surface area contributed by atoms with Crippen LogP contribution < -0.4 is 14.8 Å². The Balaban J connectivity index is 1.13. The molecule has 1 fully saturated rings. The van der Waals surface area contributed by atoms with Crippen LogP contribution in [0.3, 0.4) is 0 Å². The molecule has 3 aromatic carbocycles. The Hall–Kier alpha value is -4.75. The number of hydrogen-bond donors (Lipinski definition) is 1. The van der Waals surface area contributed by atoms with Crippen LogP contribution in [0.1, 0.15) is 15.2 Å². The van der Waals surface area contributed by atoms with Crippen LogP contribution in [0, 0.1) is 17.7 Å². The van der Waals surface area contributed by atoms with Gasteiger partial charge in [-0.25, -0.2) is 4.39 Å². The van der Waals surface area contributed by atoms with Crippen molar-refractivity contribution in [3.05, 3.63) is 107 Å². The van der Waals surface area contributed by atoms with E-state index in [4.69, 9.17) is 9.47 Å². The van der Waals surface area contributed by atoms with Gasteiger partial charge in [-0.05, 0) is 49.5 Å². The summed E-state index contributed by atoms with van der Waals surface area (Å²) in [7, 11) is 2.13. The minimum atomic E-state index is -0.611. The maximum atomic E-state index is 15.2. The summed E-state index contributed by atoms with van der Waals surface area (Å²) in [6.45, 7) is 4.86. The second kappa shape index (κ2) is 13.0. The van der Waals surface area contributed by atoms with Crippen LogP contribution in [-0.4, -0.2) is 60.5 Å². The Morgan fingerprint density at radius 2 is 1.72 bits per heavy atom. The van der Waals surface area contributed by atoms with Gasteiger partial charge in [0.15, 0.2) is 11.6 Å². The van der Waals surface area contributed by atoms with Crippen molar-refractivity contribution in [1.82, 2.24) is 14.8 Å². The van der Waals surface area contributed by atoms with E-state index in [1.54, 1.807) is 54.7 Å². The smallest absolute Gasteiger partial charge is 0.259 e. The molecule has 1 aliphatic heterocycles. The van der Waals surface area contributed by atoms with E-state index in [1.807, 2.05) is 24.3 Å². The molecule has 0 atom stereocenters. The number of rotatable bonds is 7. The van der Waals surface area contributed by atoms with Gasteiger partial charge in [-0.3, -0.25) is 14.7 Å². The second-order valence-electron chi connectivity index (χ2n) is 10.1. The van der Waals surface area contributed by atoms with Gasteiger partial charge in [0.2, 0.25) is 0 Å². The summed E-state index contributed by atoms with van der Waals surface area (Å²) < 4.78 is 27.8. The van der Waals surface area contributed by atoms with Crippen molar-refractivity contribution in [1.29, 1.82) is 0 Å². The van der Waals surface area contributed by atoms with E-state index in [9.17, 15) is 4.79 Å². The molecule has 9 heteroatoms. The molecule has 0 spiro atoms. The normalized spacial score (nSPS) is 13.7. The molecule has 0 radical (unpaired) electrons. The first kappa shape index (κ1) is 28.4. The number of pyridine rings is 1. The zero-order chi connectivity index (χ0) is 29.6. The van der Waals surface area contributed by atoms with Crippen LogP contribution in [0.25, 0.3) is 10.2 Å². The Morgan fingerprint density at radius 1 is 0.930 bits per heavy atom. The molecule has 1 N–H and O–H groups in total. The third-order valence-electron chi connectivity index (χ3n) is 7.00. The summed E-state index contributed by atoms with van der Waals surface area (Å²) in [5.74, 6) is 7.02. The lowest BCUT2D eigenvalue weighted by Gasteiger charge is -2.30. The molecule has 7 nitrogen and oxygen atoms in total. The Kier molecular flexibility index (Phi) is 8.61. The molecule has 0 bridgehead atoms. The van der Waals surface area contributed by atoms with Crippen LogP contribution in [0.5, 0.6) is 23.0 Å². The summed E-state index contributed by atoms with van der Waals surface area (Å²) in [6, 6.07) is 24.1. The first-order valence-electron chi connectivity index (χ1n) is 13.9. The van der Waals surface area contributed by atoms with Gasteiger partial charge < -0.3 is 19.7 Å². The van der Waals surface area contributed by atoms with E-state index in [1.165, 1.54) is 23.5 Å². The molecule has 0 saturated carbocycles. The van der Waals surface area contributed by atoms with Gasteiger partial charge in [0.05, 0.1) is 27.2 Å². The highest BCUT2D eigenvalue weighted by atomic mass is 32.1. The monoisotopic (exact) mass is 592 g/mol. The number of fused-ring (bicyclic) bond motifs is 1. The highest BCUT2D eigenvalue weighted by molar-refractivity contribution is 7.19. The third kappa shape index (κ3) is 7.01. The number of thiophene rings is 1. The number of benzene rings is 3. The van der Waals surface area contributed by atoms with Gasteiger partial charge >= 0.3 is 0 Å². The molecule has 1 saturated heterocycles. The number of anilines is 1. The number of amides is 1. The number of hydrogen-bond acceptors (Lipinski definition) is 7.